The second kappa shape index (κ2) is 12.3. The Morgan fingerprint density at radius 1 is 0.895 bits per heavy atom. The first-order chi connectivity index (χ1) is 18.3. The number of benzene rings is 4. The van der Waals surface area contributed by atoms with Crippen molar-refractivity contribution in [1.82, 2.24) is 0 Å². The molecule has 0 spiro atoms. The largest absolute Gasteiger partial charge is 0.495 e. The number of thioether (sulfide) groups is 1. The Morgan fingerprint density at radius 3 is 2.26 bits per heavy atom. The minimum Gasteiger partial charge on any atom is -0.495 e. The first-order valence-corrected chi connectivity index (χ1v) is 12.6. The summed E-state index contributed by atoms with van der Waals surface area (Å²) in [7, 11) is 1.52. The van der Waals surface area contributed by atoms with E-state index in [1.165, 1.54) is 43.1 Å². The van der Waals surface area contributed by atoms with E-state index in [4.69, 9.17) is 16.3 Å². The van der Waals surface area contributed by atoms with Gasteiger partial charge in [-0.1, -0.05) is 48.0 Å². The fourth-order valence-corrected chi connectivity index (χ4v) is 4.91. The molecule has 0 fully saturated rings. The molecule has 10 heteroatoms. The number of methoxy groups -OCH3 is 1. The van der Waals surface area contributed by atoms with E-state index in [1.54, 1.807) is 36.4 Å². The number of anilines is 2. The summed E-state index contributed by atoms with van der Waals surface area (Å²) in [4.78, 5) is 37.1. The molecule has 38 heavy (non-hydrogen) atoms. The molecule has 4 aromatic rings. The van der Waals surface area contributed by atoms with Crippen LogP contribution in [0.5, 0.6) is 5.75 Å². The highest BCUT2D eigenvalue weighted by Gasteiger charge is 2.23. The third kappa shape index (κ3) is 6.70. The molecule has 0 saturated carbocycles. The van der Waals surface area contributed by atoms with Crippen LogP contribution in [0.3, 0.4) is 0 Å². The maximum absolute atomic E-state index is 13.4. The Labute approximate surface area is 228 Å². The number of nitrogens with one attached hydrogen (secondary N) is 2. The number of halogens is 1. The van der Waals surface area contributed by atoms with Crippen LogP contribution in [0.2, 0.25) is 5.02 Å². The molecule has 2 N–H and O–H groups in total. The van der Waals surface area contributed by atoms with Crippen LogP contribution in [0.25, 0.3) is 0 Å². The second-order valence-electron chi connectivity index (χ2n) is 8.03. The Kier molecular flexibility index (Phi) is 8.62. The lowest BCUT2D eigenvalue weighted by molar-refractivity contribution is -0.384. The average Bonchev–Trinajstić information content (AvgIpc) is 2.92. The third-order valence-electron chi connectivity index (χ3n) is 5.45. The van der Waals surface area contributed by atoms with Crippen molar-refractivity contribution in [1.29, 1.82) is 0 Å². The number of hydrogen-bond donors (Lipinski definition) is 2. The van der Waals surface area contributed by atoms with Gasteiger partial charge in [0.25, 0.3) is 11.6 Å². The summed E-state index contributed by atoms with van der Waals surface area (Å²) in [5.74, 6) is -0.148. The predicted octanol–water partition coefficient (Wildman–Crippen LogP) is 6.98. The van der Waals surface area contributed by atoms with Crippen molar-refractivity contribution in [2.45, 2.75) is 10.1 Å². The van der Waals surface area contributed by atoms with E-state index >= 15 is 0 Å². The summed E-state index contributed by atoms with van der Waals surface area (Å²) in [5.41, 5.74) is 2.05. The maximum Gasteiger partial charge on any atom is 0.269 e. The molecule has 4 aromatic carbocycles. The fourth-order valence-electron chi connectivity index (χ4n) is 3.57. The van der Waals surface area contributed by atoms with Crippen molar-refractivity contribution in [2.24, 2.45) is 0 Å². The quantitative estimate of drug-likeness (QED) is 0.133. The van der Waals surface area contributed by atoms with Crippen molar-refractivity contribution in [3.8, 4) is 5.75 Å². The summed E-state index contributed by atoms with van der Waals surface area (Å²) >= 11 is 7.55. The van der Waals surface area contributed by atoms with Crippen LogP contribution >= 0.6 is 23.4 Å². The van der Waals surface area contributed by atoms with Gasteiger partial charge in [-0.3, -0.25) is 19.7 Å². The molecule has 0 aromatic heterocycles. The molecular weight excluding hydrogens is 526 g/mol. The molecule has 4 rings (SSSR count). The van der Waals surface area contributed by atoms with Crippen molar-refractivity contribution in [3.05, 3.63) is 123 Å². The number of hydrogen-bond acceptors (Lipinski definition) is 6. The van der Waals surface area contributed by atoms with Gasteiger partial charge in [0.2, 0.25) is 5.91 Å². The lowest BCUT2D eigenvalue weighted by atomic mass is 10.1. The fraction of sp³-hybridized carbons (Fsp3) is 0.0714. The van der Waals surface area contributed by atoms with Crippen molar-refractivity contribution in [3.63, 3.8) is 0 Å². The van der Waals surface area contributed by atoms with E-state index in [2.05, 4.69) is 10.6 Å². The molecule has 0 aliphatic heterocycles. The average molecular weight is 548 g/mol. The minimum absolute atomic E-state index is 0.0953. The monoisotopic (exact) mass is 547 g/mol. The normalized spacial score (nSPS) is 11.3. The third-order valence-corrected chi connectivity index (χ3v) is 6.99. The number of nitro benzene ring substituents is 1. The van der Waals surface area contributed by atoms with Gasteiger partial charge in [0.1, 0.15) is 11.0 Å². The molecule has 0 bridgehead atoms. The van der Waals surface area contributed by atoms with Crippen LogP contribution in [-0.4, -0.2) is 23.8 Å². The number of nitro groups is 1. The van der Waals surface area contributed by atoms with Gasteiger partial charge in [-0.25, -0.2) is 0 Å². The zero-order chi connectivity index (χ0) is 27.1. The van der Waals surface area contributed by atoms with E-state index in [0.29, 0.717) is 22.1 Å². The highest BCUT2D eigenvalue weighted by atomic mass is 35.5. The number of carbonyl (C=O) groups excluding carboxylic acids is 2. The Morgan fingerprint density at radius 2 is 1.61 bits per heavy atom. The first kappa shape index (κ1) is 26.7. The number of amides is 2. The zero-order valence-corrected chi connectivity index (χ0v) is 21.7. The van der Waals surface area contributed by atoms with Crippen molar-refractivity contribution >= 4 is 52.2 Å². The topological polar surface area (TPSA) is 111 Å². The van der Waals surface area contributed by atoms with Crippen LogP contribution < -0.4 is 15.4 Å². The molecule has 0 saturated heterocycles. The number of nitrogens with zero attached hydrogens (tertiary/aromatic N) is 1. The molecule has 192 valence electrons. The van der Waals surface area contributed by atoms with Crippen LogP contribution in [0.15, 0.2) is 102 Å². The predicted molar refractivity (Wildman–Crippen MR) is 149 cm³/mol. The lowest BCUT2D eigenvalue weighted by Crippen LogP contribution is -2.19. The Balaban J connectivity index is 1.52. The molecular formula is C28H22ClN3O5S. The molecule has 0 aliphatic carbocycles. The number of non-ortho nitro benzene ring substituents is 1. The Hall–Kier alpha value is -4.34. The highest BCUT2D eigenvalue weighted by molar-refractivity contribution is 8.00. The summed E-state index contributed by atoms with van der Waals surface area (Å²) in [6.45, 7) is 0. The minimum atomic E-state index is -0.599. The zero-order valence-electron chi connectivity index (χ0n) is 20.1. The van der Waals surface area contributed by atoms with Crippen LogP contribution in [0.1, 0.15) is 21.2 Å². The molecule has 0 heterocycles. The van der Waals surface area contributed by atoms with Gasteiger partial charge in [-0.05, 0) is 54.1 Å². The van der Waals surface area contributed by atoms with Gasteiger partial charge >= 0.3 is 0 Å². The van der Waals surface area contributed by atoms with E-state index in [-0.39, 0.29) is 17.2 Å². The smallest absolute Gasteiger partial charge is 0.269 e. The maximum atomic E-state index is 13.4. The van der Waals surface area contributed by atoms with E-state index < -0.39 is 16.1 Å². The van der Waals surface area contributed by atoms with Crippen molar-refractivity contribution < 1.29 is 19.2 Å². The number of rotatable bonds is 9. The molecule has 1 unspecified atom stereocenters. The van der Waals surface area contributed by atoms with Gasteiger partial charge in [-0.2, -0.15) is 0 Å². The van der Waals surface area contributed by atoms with E-state index in [0.717, 1.165) is 10.5 Å². The van der Waals surface area contributed by atoms with E-state index in [9.17, 15) is 19.7 Å². The first-order valence-electron chi connectivity index (χ1n) is 11.4. The van der Waals surface area contributed by atoms with Crippen LogP contribution in [0.4, 0.5) is 17.1 Å². The van der Waals surface area contributed by atoms with Gasteiger partial charge in [0.15, 0.2) is 0 Å². The van der Waals surface area contributed by atoms with Crippen LogP contribution in [0, 0.1) is 10.1 Å². The summed E-state index contributed by atoms with van der Waals surface area (Å²) < 4.78 is 5.18. The van der Waals surface area contributed by atoms with Gasteiger partial charge in [0, 0.05) is 34.0 Å². The summed E-state index contributed by atoms with van der Waals surface area (Å²) in [5, 5.41) is 16.4. The number of carbonyl (C=O) groups is 2. The molecule has 2 amide bonds. The van der Waals surface area contributed by atoms with Crippen molar-refractivity contribution in [2.75, 3.05) is 17.7 Å². The number of ether oxygens (including phenoxy) is 1. The second-order valence-corrected chi connectivity index (χ2v) is 9.62. The summed E-state index contributed by atoms with van der Waals surface area (Å²) in [6, 6.07) is 26.8. The highest BCUT2D eigenvalue weighted by Crippen LogP contribution is 2.38. The summed E-state index contributed by atoms with van der Waals surface area (Å²) in [6.07, 6.45) is 0. The van der Waals surface area contributed by atoms with Gasteiger partial charge in [0.05, 0.1) is 17.1 Å². The molecule has 0 aliphatic rings. The molecule has 1 atom stereocenters. The standard InChI is InChI=1S/C28H22ClN3O5S/c1-37-25-15-12-21(17-24(25)29)31-28(34)26(18-6-3-2-4-7-18)38-23-9-5-8-20(16-23)30-27(33)19-10-13-22(14-11-19)32(35)36/h2-17,26H,1H3,(H,30,33)(H,31,34). The SMILES string of the molecule is COc1ccc(NC(=O)C(Sc2cccc(NC(=O)c3ccc([N+](=O)[O-])cc3)c2)c2ccccc2)cc1Cl. The lowest BCUT2D eigenvalue weighted by Gasteiger charge is -2.18. The Bertz CT molecular complexity index is 1470. The van der Waals surface area contributed by atoms with Crippen LogP contribution in [-0.2, 0) is 4.79 Å². The molecule has 8 nitrogen and oxygen atoms in total. The van der Waals surface area contributed by atoms with Gasteiger partial charge < -0.3 is 15.4 Å². The van der Waals surface area contributed by atoms with Gasteiger partial charge in [-0.15, -0.1) is 11.8 Å². The molecule has 0 radical (unpaired) electrons. The van der Waals surface area contributed by atoms with E-state index in [1.807, 2.05) is 36.4 Å².